The molecule has 0 aliphatic heterocycles. The molecule has 0 bridgehead atoms. The molecule has 0 amide bonds. The second kappa shape index (κ2) is 11.1. The zero-order valence-electron chi connectivity index (χ0n) is 15.6. The summed E-state index contributed by atoms with van der Waals surface area (Å²) in [5, 5.41) is 10.1. The highest BCUT2D eigenvalue weighted by molar-refractivity contribution is 14.1. The Bertz CT molecular complexity index is 1000. The van der Waals surface area contributed by atoms with Gasteiger partial charge in [-0.2, -0.15) is 0 Å². The lowest BCUT2D eigenvalue weighted by Crippen LogP contribution is -2.09. The molecule has 1 N–H and O–H groups in total. The zero-order valence-corrected chi connectivity index (χ0v) is 20.1. The van der Waals surface area contributed by atoms with Crippen LogP contribution in [-0.4, -0.2) is 23.4 Å². The van der Waals surface area contributed by atoms with Gasteiger partial charge in [0.2, 0.25) is 0 Å². The van der Waals surface area contributed by atoms with Gasteiger partial charge in [-0.15, -0.1) is 11.8 Å². The van der Waals surface area contributed by atoms with Crippen molar-refractivity contribution in [2.24, 2.45) is 0 Å². The largest absolute Gasteiger partial charge is 0.482 e. The average molecular weight is 571 g/mol. The molecule has 7 heteroatoms. The third-order valence-corrected chi connectivity index (χ3v) is 6.87. The normalized spacial score (nSPS) is 10.5. The van der Waals surface area contributed by atoms with E-state index in [4.69, 9.17) is 33.0 Å². The number of rotatable bonds is 8. The van der Waals surface area contributed by atoms with E-state index < -0.39 is 5.97 Å². The van der Waals surface area contributed by atoms with Gasteiger partial charge in [0.1, 0.15) is 5.75 Å². The highest BCUT2D eigenvalue weighted by Gasteiger charge is 2.08. The molecule has 0 spiro atoms. The fourth-order valence-electron chi connectivity index (χ4n) is 2.71. The van der Waals surface area contributed by atoms with Crippen molar-refractivity contribution in [1.29, 1.82) is 0 Å². The number of carboxylic acid groups (broad SMARTS) is 1. The van der Waals surface area contributed by atoms with E-state index in [2.05, 4.69) is 28.7 Å². The summed E-state index contributed by atoms with van der Waals surface area (Å²) in [5.74, 6) is 0.307. The second-order valence-electron chi connectivity index (χ2n) is 6.22. The molecular weight excluding hydrogens is 554 g/mol. The maximum atomic E-state index is 10.6. The molecule has 0 aliphatic carbocycles. The summed E-state index contributed by atoms with van der Waals surface area (Å²) in [7, 11) is 0. The number of hydrogen-bond donors (Lipinski definition) is 1. The van der Waals surface area contributed by atoms with Gasteiger partial charge in [0.15, 0.2) is 6.61 Å². The molecular formula is C23H17Cl2IO3S. The van der Waals surface area contributed by atoms with Gasteiger partial charge in [-0.25, -0.2) is 4.79 Å². The maximum absolute atomic E-state index is 10.6. The quantitative estimate of drug-likeness (QED) is 0.228. The lowest BCUT2D eigenvalue weighted by Gasteiger charge is -2.10. The molecule has 3 aromatic rings. The van der Waals surface area contributed by atoms with Crippen LogP contribution in [0.2, 0.25) is 10.0 Å². The maximum Gasteiger partial charge on any atom is 0.341 e. The minimum atomic E-state index is -0.995. The van der Waals surface area contributed by atoms with Crippen LogP contribution in [0, 0.1) is 3.57 Å². The summed E-state index contributed by atoms with van der Waals surface area (Å²) in [4.78, 5) is 11.7. The third-order valence-electron chi connectivity index (χ3n) is 4.10. The number of carbonyl (C=O) groups is 1. The van der Waals surface area contributed by atoms with E-state index in [9.17, 15) is 4.79 Å². The van der Waals surface area contributed by atoms with Gasteiger partial charge >= 0.3 is 5.97 Å². The fraction of sp³-hybridized carbons (Fsp3) is 0.0870. The minimum Gasteiger partial charge on any atom is -0.482 e. The third kappa shape index (κ3) is 6.67. The van der Waals surface area contributed by atoms with E-state index in [-0.39, 0.29) is 6.61 Å². The van der Waals surface area contributed by atoms with Gasteiger partial charge in [-0.3, -0.25) is 0 Å². The Morgan fingerprint density at radius 3 is 2.03 bits per heavy atom. The van der Waals surface area contributed by atoms with Crippen molar-refractivity contribution in [3.8, 4) is 5.75 Å². The Labute approximate surface area is 203 Å². The van der Waals surface area contributed by atoms with Gasteiger partial charge in [0.25, 0.3) is 0 Å². The van der Waals surface area contributed by atoms with Crippen LogP contribution in [0.5, 0.6) is 5.75 Å². The molecule has 0 radical (unpaired) electrons. The molecule has 0 atom stereocenters. The van der Waals surface area contributed by atoms with Crippen LogP contribution in [0.3, 0.4) is 0 Å². The molecule has 0 unspecified atom stereocenters. The van der Waals surface area contributed by atoms with E-state index in [0.717, 1.165) is 30.9 Å². The molecule has 30 heavy (non-hydrogen) atoms. The van der Waals surface area contributed by atoms with Crippen molar-refractivity contribution in [1.82, 2.24) is 0 Å². The van der Waals surface area contributed by atoms with Crippen molar-refractivity contribution >= 4 is 69.1 Å². The summed E-state index contributed by atoms with van der Waals surface area (Å²) in [6.07, 6.45) is 2.18. The number of ether oxygens (including phenoxy) is 1. The topological polar surface area (TPSA) is 46.5 Å². The number of thioether (sulfide) groups is 1. The van der Waals surface area contributed by atoms with Crippen molar-refractivity contribution in [2.75, 3.05) is 12.4 Å². The van der Waals surface area contributed by atoms with Crippen LogP contribution < -0.4 is 4.74 Å². The second-order valence-corrected chi connectivity index (χ2v) is 9.31. The first kappa shape index (κ1) is 23.0. The smallest absolute Gasteiger partial charge is 0.341 e. The summed E-state index contributed by atoms with van der Waals surface area (Å²) in [5.41, 5.74) is 3.26. The van der Waals surface area contributed by atoms with Crippen molar-refractivity contribution < 1.29 is 14.6 Å². The lowest BCUT2D eigenvalue weighted by atomic mass is 9.98. The number of aliphatic carboxylic acids is 1. The van der Waals surface area contributed by atoms with Crippen LogP contribution in [-0.2, 0) is 4.79 Å². The predicted octanol–water partition coefficient (Wildman–Crippen LogP) is 7.29. The number of halogens is 3. The first-order valence-corrected chi connectivity index (χ1v) is 11.7. The standard InChI is InChI=1S/C23H17Cl2IO3S/c24-17-5-1-15(2-6-17)20(16-3-7-18(25)8-4-16)11-12-30-22-10-9-19(13-21(22)26)29-14-23(27)28/h1-11,13H,12,14H2,(H,27,28). The van der Waals surface area contributed by atoms with Crippen molar-refractivity contribution in [3.63, 3.8) is 0 Å². The fourth-order valence-corrected chi connectivity index (χ4v) is 4.71. The SMILES string of the molecule is O=C(O)COc1ccc(SCC=C(c2ccc(Cl)cc2)c2ccc(Cl)cc2)c(I)c1. The minimum absolute atomic E-state index is 0.350. The van der Waals surface area contributed by atoms with Gasteiger partial charge < -0.3 is 9.84 Å². The van der Waals surface area contributed by atoms with Crippen LogP contribution in [0.1, 0.15) is 11.1 Å². The van der Waals surface area contributed by atoms with Crippen LogP contribution in [0.4, 0.5) is 0 Å². The summed E-state index contributed by atoms with van der Waals surface area (Å²) < 4.78 is 6.24. The number of carboxylic acids is 1. The summed E-state index contributed by atoms with van der Waals surface area (Å²) in [6, 6.07) is 21.1. The highest BCUT2D eigenvalue weighted by atomic mass is 127. The van der Waals surface area contributed by atoms with E-state index >= 15 is 0 Å². The van der Waals surface area contributed by atoms with Crippen LogP contribution in [0.25, 0.3) is 5.57 Å². The molecule has 0 aromatic heterocycles. The van der Waals surface area contributed by atoms with Gasteiger partial charge in [0.05, 0.1) is 0 Å². The Morgan fingerprint density at radius 1 is 0.967 bits per heavy atom. The molecule has 3 nitrogen and oxygen atoms in total. The van der Waals surface area contributed by atoms with Crippen molar-refractivity contribution in [2.45, 2.75) is 4.90 Å². The average Bonchev–Trinajstić information content (AvgIpc) is 2.72. The molecule has 3 rings (SSSR count). The first-order valence-electron chi connectivity index (χ1n) is 8.91. The first-order chi connectivity index (χ1) is 14.4. The van der Waals surface area contributed by atoms with Gasteiger partial charge in [0, 0.05) is 24.3 Å². The lowest BCUT2D eigenvalue weighted by molar-refractivity contribution is -0.139. The molecule has 3 aromatic carbocycles. The Morgan fingerprint density at radius 2 is 1.53 bits per heavy atom. The van der Waals surface area contributed by atoms with Gasteiger partial charge in [-0.05, 0) is 81.8 Å². The molecule has 0 saturated carbocycles. The number of hydrogen-bond acceptors (Lipinski definition) is 3. The Hall–Kier alpha value is -1.67. The molecule has 0 saturated heterocycles. The van der Waals surface area contributed by atoms with E-state index in [1.807, 2.05) is 60.7 Å². The van der Waals surface area contributed by atoms with Crippen molar-refractivity contribution in [3.05, 3.63) is 97.5 Å². The molecule has 154 valence electrons. The summed E-state index contributed by atoms with van der Waals surface area (Å²) >= 11 is 16.0. The summed E-state index contributed by atoms with van der Waals surface area (Å²) in [6.45, 7) is -0.350. The van der Waals surface area contributed by atoms with E-state index in [1.54, 1.807) is 17.8 Å². The van der Waals surface area contributed by atoms with E-state index in [1.165, 1.54) is 0 Å². The monoisotopic (exact) mass is 570 g/mol. The molecule has 0 aliphatic rings. The number of benzene rings is 3. The van der Waals surface area contributed by atoms with Crippen LogP contribution >= 0.6 is 57.6 Å². The zero-order chi connectivity index (χ0) is 21.5. The van der Waals surface area contributed by atoms with Gasteiger partial charge in [-0.1, -0.05) is 53.5 Å². The van der Waals surface area contributed by atoms with Crippen LogP contribution in [0.15, 0.2) is 77.7 Å². The Kier molecular flexibility index (Phi) is 8.50. The van der Waals surface area contributed by atoms with E-state index in [0.29, 0.717) is 15.8 Å². The molecule has 0 fully saturated rings. The molecule has 0 heterocycles. The highest BCUT2D eigenvalue weighted by Crippen LogP contribution is 2.31. The Balaban J connectivity index is 1.78. The predicted molar refractivity (Wildman–Crippen MR) is 133 cm³/mol.